The molecule has 1 heterocycles. The van der Waals surface area contributed by atoms with Crippen LogP contribution in [0.25, 0.3) is 0 Å². The molecule has 1 aromatic heterocycles. The van der Waals surface area contributed by atoms with Crippen molar-refractivity contribution in [3.05, 3.63) is 12.7 Å². The molecule has 0 aliphatic rings. The highest BCUT2D eigenvalue weighted by Gasteiger charge is 2.25. The van der Waals surface area contributed by atoms with E-state index in [-0.39, 0.29) is 13.0 Å². The van der Waals surface area contributed by atoms with E-state index < -0.39 is 12.6 Å². The third-order valence-corrected chi connectivity index (χ3v) is 1.31. The van der Waals surface area contributed by atoms with Gasteiger partial charge in [-0.05, 0) is 6.42 Å². The van der Waals surface area contributed by atoms with Crippen LogP contribution in [0.3, 0.4) is 0 Å². The predicted octanol–water partition coefficient (Wildman–Crippen LogP) is 1.62. The van der Waals surface area contributed by atoms with Crippen LogP contribution in [-0.2, 0) is 6.54 Å². The standard InChI is InChI=1S/C6H8F3N3/c7-6(8,9)2-1-3-12-5-10-4-11-12/h4-5H,1-3H2. The van der Waals surface area contributed by atoms with E-state index in [1.54, 1.807) is 0 Å². The molecule has 0 amide bonds. The molecule has 1 rings (SSSR count). The lowest BCUT2D eigenvalue weighted by atomic mass is 10.3. The summed E-state index contributed by atoms with van der Waals surface area (Å²) in [5, 5.41) is 3.67. The highest BCUT2D eigenvalue weighted by atomic mass is 19.4. The first-order chi connectivity index (χ1) is 5.58. The van der Waals surface area contributed by atoms with Gasteiger partial charge in [0.2, 0.25) is 0 Å². The van der Waals surface area contributed by atoms with Crippen molar-refractivity contribution in [2.45, 2.75) is 25.6 Å². The summed E-state index contributed by atoms with van der Waals surface area (Å²) in [7, 11) is 0. The number of alkyl halides is 3. The van der Waals surface area contributed by atoms with Crippen LogP contribution < -0.4 is 0 Å². The minimum absolute atomic E-state index is 0.0485. The van der Waals surface area contributed by atoms with Crippen LogP contribution in [-0.4, -0.2) is 20.9 Å². The SMILES string of the molecule is FC(F)(F)CCCn1cncn1. The molecule has 0 atom stereocenters. The average Bonchev–Trinajstić information content (AvgIpc) is 2.36. The molecule has 0 radical (unpaired) electrons. The van der Waals surface area contributed by atoms with E-state index in [0.717, 1.165) is 0 Å². The smallest absolute Gasteiger partial charge is 0.253 e. The van der Waals surface area contributed by atoms with Gasteiger partial charge in [0.25, 0.3) is 0 Å². The van der Waals surface area contributed by atoms with E-state index in [1.807, 2.05) is 0 Å². The van der Waals surface area contributed by atoms with E-state index in [4.69, 9.17) is 0 Å². The van der Waals surface area contributed by atoms with Gasteiger partial charge >= 0.3 is 6.18 Å². The zero-order chi connectivity index (χ0) is 9.03. The van der Waals surface area contributed by atoms with Crippen LogP contribution >= 0.6 is 0 Å². The molecule has 0 unspecified atom stereocenters. The molecule has 1 aromatic rings. The Morgan fingerprint density at radius 1 is 1.33 bits per heavy atom. The molecule has 0 aliphatic heterocycles. The lowest BCUT2D eigenvalue weighted by molar-refractivity contribution is -0.136. The molecule has 6 heteroatoms. The number of hydrogen-bond donors (Lipinski definition) is 0. The van der Waals surface area contributed by atoms with Crippen molar-refractivity contribution in [2.24, 2.45) is 0 Å². The van der Waals surface area contributed by atoms with Crippen LogP contribution in [0.4, 0.5) is 13.2 Å². The third kappa shape index (κ3) is 3.36. The molecule has 0 fully saturated rings. The highest BCUT2D eigenvalue weighted by Crippen LogP contribution is 2.21. The van der Waals surface area contributed by atoms with E-state index >= 15 is 0 Å². The molecule has 0 spiro atoms. The zero-order valence-corrected chi connectivity index (χ0v) is 6.25. The van der Waals surface area contributed by atoms with Crippen molar-refractivity contribution >= 4 is 0 Å². The molecule has 68 valence electrons. The molecule has 12 heavy (non-hydrogen) atoms. The van der Waals surface area contributed by atoms with Crippen molar-refractivity contribution < 1.29 is 13.2 Å². The third-order valence-electron chi connectivity index (χ3n) is 1.31. The van der Waals surface area contributed by atoms with E-state index in [9.17, 15) is 13.2 Å². The number of halogens is 3. The van der Waals surface area contributed by atoms with Gasteiger partial charge in [0.1, 0.15) is 12.7 Å². The first-order valence-corrected chi connectivity index (χ1v) is 3.47. The lowest BCUT2D eigenvalue weighted by Crippen LogP contribution is -2.09. The molecule has 0 aliphatic carbocycles. The maximum absolute atomic E-state index is 11.6. The second-order valence-electron chi connectivity index (χ2n) is 2.38. The number of aromatic nitrogens is 3. The van der Waals surface area contributed by atoms with Gasteiger partial charge in [0.15, 0.2) is 0 Å². The summed E-state index contributed by atoms with van der Waals surface area (Å²) in [6, 6.07) is 0. The summed E-state index contributed by atoms with van der Waals surface area (Å²) in [5.74, 6) is 0. The zero-order valence-electron chi connectivity index (χ0n) is 6.25. The largest absolute Gasteiger partial charge is 0.389 e. The fraction of sp³-hybridized carbons (Fsp3) is 0.667. The topological polar surface area (TPSA) is 30.7 Å². The number of aryl methyl sites for hydroxylation is 1. The summed E-state index contributed by atoms with van der Waals surface area (Å²) >= 11 is 0. The molecule has 0 N–H and O–H groups in total. The van der Waals surface area contributed by atoms with Crippen LogP contribution in [0.5, 0.6) is 0 Å². The maximum Gasteiger partial charge on any atom is 0.389 e. The Labute approximate surface area is 67.2 Å². The van der Waals surface area contributed by atoms with Crippen LogP contribution in [0, 0.1) is 0 Å². The predicted molar refractivity (Wildman–Crippen MR) is 35.3 cm³/mol. The van der Waals surface area contributed by atoms with Crippen molar-refractivity contribution in [1.29, 1.82) is 0 Å². The molecule has 3 nitrogen and oxygen atoms in total. The second-order valence-corrected chi connectivity index (χ2v) is 2.38. The average molecular weight is 179 g/mol. The van der Waals surface area contributed by atoms with E-state index in [2.05, 4.69) is 10.1 Å². The van der Waals surface area contributed by atoms with Crippen LogP contribution in [0.2, 0.25) is 0 Å². The molecular formula is C6H8F3N3. The van der Waals surface area contributed by atoms with Crippen molar-refractivity contribution in [2.75, 3.05) is 0 Å². The van der Waals surface area contributed by atoms with Gasteiger partial charge in [-0.1, -0.05) is 0 Å². The van der Waals surface area contributed by atoms with Crippen molar-refractivity contribution in [3.63, 3.8) is 0 Å². The lowest BCUT2D eigenvalue weighted by Gasteiger charge is -2.04. The van der Waals surface area contributed by atoms with Crippen LogP contribution in [0.15, 0.2) is 12.7 Å². The van der Waals surface area contributed by atoms with Gasteiger partial charge in [-0.3, -0.25) is 4.68 Å². The summed E-state index contributed by atoms with van der Waals surface area (Å²) < 4.78 is 36.3. The summed E-state index contributed by atoms with van der Waals surface area (Å²) in [6.07, 6.45) is -2.09. The Balaban J connectivity index is 2.20. The highest BCUT2D eigenvalue weighted by molar-refractivity contribution is 4.57. The monoisotopic (exact) mass is 179 g/mol. The Bertz CT molecular complexity index is 216. The van der Waals surface area contributed by atoms with Gasteiger partial charge in [-0.25, -0.2) is 4.98 Å². The Morgan fingerprint density at radius 3 is 2.58 bits per heavy atom. The molecular weight excluding hydrogens is 171 g/mol. The fourth-order valence-electron chi connectivity index (χ4n) is 0.790. The van der Waals surface area contributed by atoms with Gasteiger partial charge in [0, 0.05) is 13.0 Å². The quantitative estimate of drug-likeness (QED) is 0.705. The van der Waals surface area contributed by atoms with Crippen LogP contribution in [0.1, 0.15) is 12.8 Å². The Kier molecular flexibility index (Phi) is 2.67. The van der Waals surface area contributed by atoms with Gasteiger partial charge in [-0.15, -0.1) is 0 Å². The second kappa shape index (κ2) is 3.55. The number of nitrogens with zero attached hydrogens (tertiary/aromatic N) is 3. The van der Waals surface area contributed by atoms with Crippen molar-refractivity contribution in [1.82, 2.24) is 14.8 Å². The molecule has 0 bridgehead atoms. The van der Waals surface area contributed by atoms with E-state index in [1.165, 1.54) is 17.3 Å². The fourth-order valence-corrected chi connectivity index (χ4v) is 0.790. The summed E-state index contributed by atoms with van der Waals surface area (Å²) in [6.45, 7) is 0.263. The Hall–Kier alpha value is -1.07. The molecule has 0 aromatic carbocycles. The number of hydrogen-bond acceptors (Lipinski definition) is 2. The maximum atomic E-state index is 11.6. The molecule has 0 saturated carbocycles. The van der Waals surface area contributed by atoms with Crippen molar-refractivity contribution in [3.8, 4) is 0 Å². The summed E-state index contributed by atoms with van der Waals surface area (Å²) in [5.41, 5.74) is 0. The minimum atomic E-state index is -4.07. The number of rotatable bonds is 3. The van der Waals surface area contributed by atoms with Gasteiger partial charge in [-0.2, -0.15) is 18.3 Å². The summed E-state index contributed by atoms with van der Waals surface area (Å²) in [4.78, 5) is 3.61. The minimum Gasteiger partial charge on any atom is -0.253 e. The first-order valence-electron chi connectivity index (χ1n) is 3.47. The first kappa shape index (κ1) is 9.02. The van der Waals surface area contributed by atoms with Gasteiger partial charge < -0.3 is 0 Å². The normalized spacial score (nSPS) is 11.9. The van der Waals surface area contributed by atoms with E-state index in [0.29, 0.717) is 0 Å². The van der Waals surface area contributed by atoms with Gasteiger partial charge in [0.05, 0.1) is 0 Å². The molecule has 0 saturated heterocycles. The Morgan fingerprint density at radius 2 is 2.08 bits per heavy atom.